The highest BCUT2D eigenvalue weighted by Gasteiger charge is 2.32. The molecule has 2 heterocycles. The summed E-state index contributed by atoms with van der Waals surface area (Å²) in [5.74, 6) is -0.236. The van der Waals surface area contributed by atoms with Gasteiger partial charge >= 0.3 is 0 Å². The molecule has 10 heteroatoms. The number of nitrogens with zero attached hydrogens (tertiary/aromatic N) is 3. The van der Waals surface area contributed by atoms with Crippen molar-refractivity contribution in [2.24, 2.45) is 0 Å². The van der Waals surface area contributed by atoms with Crippen LogP contribution in [-0.2, 0) is 21.2 Å². The van der Waals surface area contributed by atoms with Crippen LogP contribution >= 0.6 is 0 Å². The monoisotopic (exact) mass is 448 g/mol. The van der Waals surface area contributed by atoms with E-state index >= 15 is 0 Å². The topological polar surface area (TPSA) is 113 Å². The number of benzene rings is 1. The van der Waals surface area contributed by atoms with Gasteiger partial charge < -0.3 is 14.3 Å². The Morgan fingerprint density at radius 2 is 1.68 bits per heavy atom. The van der Waals surface area contributed by atoms with Crippen molar-refractivity contribution in [3.8, 4) is 0 Å². The quantitative estimate of drug-likeness (QED) is 0.717. The standard InChI is InChI=1S/C21H28N4O5S/c1-5-17-6-8-18(9-7-17)21(27)25-12-10-24(11-13-25)20(26)15(3)23-31(28,29)19-14(2)22-30-16(19)4/h6-9,15,23H,5,10-13H2,1-4H3/t15-/m0/s1. The van der Waals surface area contributed by atoms with E-state index in [-0.39, 0.29) is 28.2 Å². The van der Waals surface area contributed by atoms with E-state index in [1.165, 1.54) is 26.3 Å². The second-order valence-electron chi connectivity index (χ2n) is 7.66. The molecule has 0 spiro atoms. The minimum absolute atomic E-state index is 0.0448. The maximum atomic E-state index is 12.8. The normalized spacial score (nSPS) is 15.7. The van der Waals surface area contributed by atoms with Gasteiger partial charge in [0.15, 0.2) is 5.76 Å². The number of nitrogens with one attached hydrogen (secondary N) is 1. The van der Waals surface area contributed by atoms with Crippen molar-refractivity contribution in [3.05, 3.63) is 46.8 Å². The Labute approximate surface area is 182 Å². The Balaban J connectivity index is 1.58. The molecule has 9 nitrogen and oxygen atoms in total. The maximum Gasteiger partial charge on any atom is 0.253 e. The van der Waals surface area contributed by atoms with Crippen molar-refractivity contribution in [1.29, 1.82) is 0 Å². The predicted octanol–water partition coefficient (Wildman–Crippen LogP) is 1.51. The van der Waals surface area contributed by atoms with Gasteiger partial charge in [0.1, 0.15) is 10.6 Å². The van der Waals surface area contributed by atoms with Gasteiger partial charge in [-0.25, -0.2) is 8.42 Å². The van der Waals surface area contributed by atoms with Gasteiger partial charge in [-0.15, -0.1) is 0 Å². The predicted molar refractivity (Wildman–Crippen MR) is 114 cm³/mol. The molecule has 1 saturated heterocycles. The summed E-state index contributed by atoms with van der Waals surface area (Å²) in [4.78, 5) is 28.7. The Kier molecular flexibility index (Phi) is 6.80. The number of aryl methyl sites for hydroxylation is 3. The number of rotatable bonds is 6. The smallest absolute Gasteiger partial charge is 0.253 e. The molecular formula is C21H28N4O5S. The third-order valence-corrected chi connectivity index (χ3v) is 7.21. The number of carbonyl (C=O) groups is 2. The molecule has 3 rings (SSSR count). The van der Waals surface area contributed by atoms with E-state index in [0.29, 0.717) is 31.7 Å². The summed E-state index contributed by atoms with van der Waals surface area (Å²) < 4.78 is 32.6. The highest BCUT2D eigenvalue weighted by Crippen LogP contribution is 2.19. The molecule has 31 heavy (non-hydrogen) atoms. The Hall–Kier alpha value is -2.72. The van der Waals surface area contributed by atoms with Gasteiger partial charge in [-0.2, -0.15) is 4.72 Å². The van der Waals surface area contributed by atoms with Gasteiger partial charge in [-0.1, -0.05) is 24.2 Å². The van der Waals surface area contributed by atoms with Crippen molar-refractivity contribution in [1.82, 2.24) is 19.7 Å². The third kappa shape index (κ3) is 4.96. The fraction of sp³-hybridized carbons (Fsp3) is 0.476. The molecule has 1 fully saturated rings. The number of carbonyl (C=O) groups excluding carboxylic acids is 2. The van der Waals surface area contributed by atoms with E-state index in [2.05, 4.69) is 16.8 Å². The zero-order valence-corrected chi connectivity index (χ0v) is 19.0. The molecule has 168 valence electrons. The summed E-state index contributed by atoms with van der Waals surface area (Å²) in [5.41, 5.74) is 2.03. The van der Waals surface area contributed by atoms with E-state index in [1.54, 1.807) is 9.80 Å². The number of hydrogen-bond donors (Lipinski definition) is 1. The molecule has 0 bridgehead atoms. The summed E-state index contributed by atoms with van der Waals surface area (Å²) in [5, 5.41) is 3.66. The van der Waals surface area contributed by atoms with Crippen LogP contribution in [0.15, 0.2) is 33.7 Å². The van der Waals surface area contributed by atoms with Gasteiger partial charge in [-0.05, 0) is 44.9 Å². The minimum atomic E-state index is -3.95. The van der Waals surface area contributed by atoms with E-state index in [1.807, 2.05) is 24.3 Å². The minimum Gasteiger partial charge on any atom is -0.360 e. The lowest BCUT2D eigenvalue weighted by Crippen LogP contribution is -2.55. The van der Waals surface area contributed by atoms with Crippen molar-refractivity contribution in [3.63, 3.8) is 0 Å². The molecule has 1 atom stereocenters. The first-order valence-electron chi connectivity index (χ1n) is 10.3. The van der Waals surface area contributed by atoms with Gasteiger partial charge in [0, 0.05) is 31.7 Å². The van der Waals surface area contributed by atoms with Gasteiger partial charge in [-0.3, -0.25) is 9.59 Å². The van der Waals surface area contributed by atoms with Crippen LogP contribution < -0.4 is 4.72 Å². The third-order valence-electron chi connectivity index (χ3n) is 5.43. The van der Waals surface area contributed by atoms with E-state index in [0.717, 1.165) is 6.42 Å². The zero-order chi connectivity index (χ0) is 22.8. The average molecular weight is 449 g/mol. The van der Waals surface area contributed by atoms with Crippen molar-refractivity contribution >= 4 is 21.8 Å². The highest BCUT2D eigenvalue weighted by molar-refractivity contribution is 7.89. The SMILES string of the molecule is CCc1ccc(C(=O)N2CCN(C(=O)[C@H](C)NS(=O)(=O)c3c(C)noc3C)CC2)cc1. The molecule has 0 radical (unpaired) electrons. The Bertz CT molecular complexity index is 1030. The summed E-state index contributed by atoms with van der Waals surface area (Å²) in [6.07, 6.45) is 0.910. The largest absolute Gasteiger partial charge is 0.360 e. The molecular weight excluding hydrogens is 420 g/mol. The summed E-state index contributed by atoms with van der Waals surface area (Å²) in [6, 6.07) is 6.58. The lowest BCUT2D eigenvalue weighted by atomic mass is 10.1. The fourth-order valence-corrected chi connectivity index (χ4v) is 5.20. The lowest BCUT2D eigenvalue weighted by molar-refractivity contribution is -0.134. The molecule has 1 aromatic heterocycles. The fourth-order valence-electron chi connectivity index (χ4n) is 3.67. The lowest BCUT2D eigenvalue weighted by Gasteiger charge is -2.36. The van der Waals surface area contributed by atoms with Crippen LogP contribution in [0.5, 0.6) is 0 Å². The van der Waals surface area contributed by atoms with Gasteiger partial charge in [0.25, 0.3) is 5.91 Å². The number of hydrogen-bond acceptors (Lipinski definition) is 6. The molecule has 2 amide bonds. The number of aromatic nitrogens is 1. The second kappa shape index (κ2) is 9.19. The van der Waals surface area contributed by atoms with Crippen LogP contribution in [0.1, 0.15) is 41.2 Å². The first-order valence-corrected chi connectivity index (χ1v) is 11.7. The van der Waals surface area contributed by atoms with Crippen LogP contribution in [0.4, 0.5) is 0 Å². The molecule has 1 N–H and O–H groups in total. The van der Waals surface area contributed by atoms with Crippen molar-refractivity contribution in [2.75, 3.05) is 26.2 Å². The van der Waals surface area contributed by atoms with Crippen molar-refractivity contribution in [2.45, 2.75) is 45.1 Å². The Morgan fingerprint density at radius 1 is 1.10 bits per heavy atom. The van der Waals surface area contributed by atoms with E-state index < -0.39 is 16.1 Å². The van der Waals surface area contributed by atoms with Crippen molar-refractivity contribution < 1.29 is 22.5 Å². The van der Waals surface area contributed by atoms with E-state index in [9.17, 15) is 18.0 Å². The number of amides is 2. The second-order valence-corrected chi connectivity index (χ2v) is 9.32. The zero-order valence-electron chi connectivity index (χ0n) is 18.2. The molecule has 0 saturated carbocycles. The van der Waals surface area contributed by atoms with E-state index in [4.69, 9.17) is 4.52 Å². The number of piperazine rings is 1. The first-order chi connectivity index (χ1) is 14.6. The van der Waals surface area contributed by atoms with Gasteiger partial charge in [0.05, 0.1) is 6.04 Å². The summed E-state index contributed by atoms with van der Waals surface area (Å²) in [7, 11) is -3.95. The van der Waals surface area contributed by atoms with Crippen LogP contribution in [0.3, 0.4) is 0 Å². The molecule has 0 aliphatic carbocycles. The molecule has 1 aliphatic rings. The Morgan fingerprint density at radius 3 is 2.19 bits per heavy atom. The van der Waals surface area contributed by atoms with Crippen LogP contribution in [0, 0.1) is 13.8 Å². The molecule has 1 aliphatic heterocycles. The molecule has 2 aromatic rings. The molecule has 1 aromatic carbocycles. The van der Waals surface area contributed by atoms with Crippen LogP contribution in [0.2, 0.25) is 0 Å². The summed E-state index contributed by atoms with van der Waals surface area (Å²) in [6.45, 7) is 8.07. The van der Waals surface area contributed by atoms with Gasteiger partial charge in [0.2, 0.25) is 15.9 Å². The molecule has 0 unspecified atom stereocenters. The number of sulfonamides is 1. The van der Waals surface area contributed by atoms with Crippen LogP contribution in [-0.4, -0.2) is 67.4 Å². The summed E-state index contributed by atoms with van der Waals surface area (Å²) >= 11 is 0. The first kappa shape index (κ1) is 23.0. The highest BCUT2D eigenvalue weighted by atomic mass is 32.2. The average Bonchev–Trinajstić information content (AvgIpc) is 3.11. The van der Waals surface area contributed by atoms with Crippen LogP contribution in [0.25, 0.3) is 0 Å². The maximum absolute atomic E-state index is 12.8.